The molecular formula is C12H15NO4. The first-order valence-electron chi connectivity index (χ1n) is 5.43. The van der Waals surface area contributed by atoms with Crippen LogP contribution in [0.25, 0.3) is 0 Å². The zero-order chi connectivity index (χ0) is 12.3. The Labute approximate surface area is 99.3 Å². The van der Waals surface area contributed by atoms with Crippen molar-refractivity contribution in [3.63, 3.8) is 0 Å². The summed E-state index contributed by atoms with van der Waals surface area (Å²) < 4.78 is 10.8. The lowest BCUT2D eigenvalue weighted by Crippen LogP contribution is -2.32. The molecule has 17 heavy (non-hydrogen) atoms. The van der Waals surface area contributed by atoms with Crippen LogP contribution < -0.4 is 10.1 Å². The molecule has 1 heterocycles. The minimum atomic E-state index is -0.947. The van der Waals surface area contributed by atoms with E-state index >= 15 is 0 Å². The molecule has 5 nitrogen and oxygen atoms in total. The number of rotatable bonds is 3. The van der Waals surface area contributed by atoms with Crippen molar-refractivity contribution in [2.24, 2.45) is 0 Å². The van der Waals surface area contributed by atoms with Gasteiger partial charge in [-0.25, -0.2) is 4.79 Å². The first-order chi connectivity index (χ1) is 8.20. The summed E-state index contributed by atoms with van der Waals surface area (Å²) >= 11 is 0. The number of ether oxygens (including phenoxy) is 2. The Morgan fingerprint density at radius 1 is 1.65 bits per heavy atom. The van der Waals surface area contributed by atoms with E-state index < -0.39 is 5.97 Å². The minimum absolute atomic E-state index is 0.0923. The topological polar surface area (TPSA) is 67.8 Å². The predicted octanol–water partition coefficient (Wildman–Crippen LogP) is 0.882. The van der Waals surface area contributed by atoms with Crippen molar-refractivity contribution in [2.75, 3.05) is 20.3 Å². The molecule has 0 saturated carbocycles. The highest BCUT2D eigenvalue weighted by molar-refractivity contribution is 5.88. The van der Waals surface area contributed by atoms with Gasteiger partial charge in [0.2, 0.25) is 0 Å². The molecule has 0 saturated heterocycles. The van der Waals surface area contributed by atoms with Gasteiger partial charge in [-0.15, -0.1) is 0 Å². The van der Waals surface area contributed by atoms with E-state index in [0.29, 0.717) is 25.4 Å². The number of fused-ring (bicyclic) bond motifs is 1. The number of hydrogen-bond acceptors (Lipinski definition) is 4. The summed E-state index contributed by atoms with van der Waals surface area (Å²) in [7, 11) is 1.61. The number of aromatic carboxylic acids is 1. The fourth-order valence-electron chi connectivity index (χ4n) is 1.81. The fraction of sp³-hybridized carbons (Fsp3) is 0.417. The highest BCUT2D eigenvalue weighted by Gasteiger charge is 2.18. The Hall–Kier alpha value is -1.59. The normalized spacial score (nSPS) is 19.0. The third-order valence-corrected chi connectivity index (χ3v) is 2.65. The molecule has 0 amide bonds. The first-order valence-corrected chi connectivity index (χ1v) is 5.43. The van der Waals surface area contributed by atoms with Gasteiger partial charge in [-0.05, 0) is 12.1 Å². The Morgan fingerprint density at radius 3 is 3.18 bits per heavy atom. The van der Waals surface area contributed by atoms with E-state index in [1.54, 1.807) is 25.3 Å². The highest BCUT2D eigenvalue weighted by atomic mass is 16.5. The number of hydrogen-bond donors (Lipinski definition) is 2. The van der Waals surface area contributed by atoms with Crippen molar-refractivity contribution in [1.29, 1.82) is 0 Å². The average molecular weight is 237 g/mol. The summed E-state index contributed by atoms with van der Waals surface area (Å²) in [4.78, 5) is 10.9. The summed E-state index contributed by atoms with van der Waals surface area (Å²) in [6.07, 6.45) is -0.0923. The lowest BCUT2D eigenvalue weighted by atomic mass is 10.1. The zero-order valence-electron chi connectivity index (χ0n) is 9.60. The quantitative estimate of drug-likeness (QED) is 0.817. The molecule has 1 aliphatic rings. The molecule has 2 N–H and O–H groups in total. The second-order valence-corrected chi connectivity index (χ2v) is 3.95. The van der Waals surface area contributed by atoms with Gasteiger partial charge in [-0.1, -0.05) is 6.07 Å². The highest BCUT2D eigenvalue weighted by Crippen LogP contribution is 2.23. The molecule has 0 fully saturated rings. The van der Waals surface area contributed by atoms with Gasteiger partial charge < -0.3 is 19.9 Å². The molecule has 5 heteroatoms. The Kier molecular flexibility index (Phi) is 3.61. The van der Waals surface area contributed by atoms with Gasteiger partial charge in [-0.3, -0.25) is 0 Å². The largest absolute Gasteiger partial charge is 0.486 e. The molecule has 0 radical (unpaired) electrons. The van der Waals surface area contributed by atoms with Crippen LogP contribution in [-0.2, 0) is 11.3 Å². The molecule has 0 bridgehead atoms. The van der Waals surface area contributed by atoms with Crippen LogP contribution in [0.3, 0.4) is 0 Å². The van der Waals surface area contributed by atoms with E-state index in [-0.39, 0.29) is 11.7 Å². The second-order valence-electron chi connectivity index (χ2n) is 3.95. The summed E-state index contributed by atoms with van der Waals surface area (Å²) in [5.74, 6) is -0.325. The molecule has 0 aliphatic carbocycles. The van der Waals surface area contributed by atoms with Crippen LogP contribution in [0.15, 0.2) is 18.2 Å². The average Bonchev–Trinajstić information content (AvgIpc) is 2.50. The molecule has 1 aromatic rings. The molecule has 1 aromatic carbocycles. The number of benzene rings is 1. The third-order valence-electron chi connectivity index (χ3n) is 2.65. The van der Waals surface area contributed by atoms with E-state index in [1.165, 1.54) is 0 Å². The molecular weight excluding hydrogens is 222 g/mol. The van der Waals surface area contributed by atoms with Crippen molar-refractivity contribution in [3.05, 3.63) is 29.3 Å². The van der Waals surface area contributed by atoms with Gasteiger partial charge in [-0.2, -0.15) is 0 Å². The van der Waals surface area contributed by atoms with Crippen LogP contribution in [0.5, 0.6) is 5.75 Å². The fourth-order valence-corrected chi connectivity index (χ4v) is 1.81. The van der Waals surface area contributed by atoms with E-state index in [4.69, 9.17) is 14.6 Å². The van der Waals surface area contributed by atoms with Crippen LogP contribution in [0, 0.1) is 0 Å². The number of nitrogens with one attached hydrogen (secondary N) is 1. The van der Waals surface area contributed by atoms with Gasteiger partial charge >= 0.3 is 5.97 Å². The Bertz CT molecular complexity index is 419. The molecule has 2 rings (SSSR count). The lowest BCUT2D eigenvalue weighted by Gasteiger charge is -2.16. The molecule has 92 valence electrons. The first kappa shape index (κ1) is 11.9. The summed E-state index contributed by atoms with van der Waals surface area (Å²) in [6, 6.07) is 4.93. The Morgan fingerprint density at radius 2 is 2.47 bits per heavy atom. The number of carboxylic acids is 1. The van der Waals surface area contributed by atoms with Gasteiger partial charge in [0.25, 0.3) is 0 Å². The van der Waals surface area contributed by atoms with E-state index in [2.05, 4.69) is 5.32 Å². The maximum Gasteiger partial charge on any atom is 0.335 e. The molecule has 1 aliphatic heterocycles. The monoisotopic (exact) mass is 237 g/mol. The van der Waals surface area contributed by atoms with Crippen molar-refractivity contribution >= 4 is 5.97 Å². The number of methoxy groups -OCH3 is 1. The van der Waals surface area contributed by atoms with Crippen LogP contribution in [0.1, 0.15) is 15.9 Å². The van der Waals surface area contributed by atoms with Crippen molar-refractivity contribution < 1.29 is 19.4 Å². The summed E-state index contributed by atoms with van der Waals surface area (Å²) in [6.45, 7) is 1.84. The van der Waals surface area contributed by atoms with Gasteiger partial charge in [0, 0.05) is 25.8 Å². The standard InChI is InChI=1S/C12H15NO4/c1-16-7-10-6-13-5-9-3-2-8(12(14)15)4-11(9)17-10/h2-4,10,13H,5-7H2,1H3,(H,14,15). The number of carbonyl (C=O) groups is 1. The SMILES string of the molecule is COCC1CNCc2ccc(C(=O)O)cc2O1. The Balaban J connectivity index is 2.25. The third kappa shape index (κ3) is 2.75. The second kappa shape index (κ2) is 5.16. The molecule has 1 unspecified atom stereocenters. The van der Waals surface area contributed by atoms with Crippen LogP contribution >= 0.6 is 0 Å². The zero-order valence-corrected chi connectivity index (χ0v) is 9.60. The summed E-state index contributed by atoms with van der Waals surface area (Å²) in [5, 5.41) is 12.2. The van der Waals surface area contributed by atoms with Crippen molar-refractivity contribution in [3.8, 4) is 5.75 Å². The van der Waals surface area contributed by atoms with Crippen molar-refractivity contribution in [1.82, 2.24) is 5.32 Å². The predicted molar refractivity (Wildman–Crippen MR) is 61.4 cm³/mol. The van der Waals surface area contributed by atoms with Crippen LogP contribution in [0.2, 0.25) is 0 Å². The summed E-state index contributed by atoms with van der Waals surface area (Å²) in [5.41, 5.74) is 1.20. The van der Waals surface area contributed by atoms with Gasteiger partial charge in [0.15, 0.2) is 0 Å². The van der Waals surface area contributed by atoms with E-state index in [0.717, 1.165) is 5.56 Å². The maximum absolute atomic E-state index is 10.9. The minimum Gasteiger partial charge on any atom is -0.486 e. The van der Waals surface area contributed by atoms with Gasteiger partial charge in [0.05, 0.1) is 12.2 Å². The lowest BCUT2D eigenvalue weighted by molar-refractivity contribution is 0.0693. The van der Waals surface area contributed by atoms with E-state index in [1.807, 2.05) is 0 Å². The maximum atomic E-state index is 10.9. The molecule has 0 spiro atoms. The molecule has 1 atom stereocenters. The van der Waals surface area contributed by atoms with Crippen LogP contribution in [0.4, 0.5) is 0 Å². The van der Waals surface area contributed by atoms with E-state index in [9.17, 15) is 4.79 Å². The number of carboxylic acid groups (broad SMARTS) is 1. The van der Waals surface area contributed by atoms with Gasteiger partial charge in [0.1, 0.15) is 11.9 Å². The smallest absolute Gasteiger partial charge is 0.335 e. The molecule has 0 aromatic heterocycles. The van der Waals surface area contributed by atoms with Crippen LogP contribution in [-0.4, -0.2) is 37.4 Å². The van der Waals surface area contributed by atoms with Crippen molar-refractivity contribution in [2.45, 2.75) is 12.6 Å².